The van der Waals surface area contributed by atoms with Crippen molar-refractivity contribution in [1.29, 1.82) is 0 Å². The van der Waals surface area contributed by atoms with E-state index in [1.165, 1.54) is 0 Å². The summed E-state index contributed by atoms with van der Waals surface area (Å²) in [4.78, 5) is 39.9. The van der Waals surface area contributed by atoms with E-state index >= 15 is 0 Å². The second-order valence-corrected chi connectivity index (χ2v) is 12.3. The highest BCUT2D eigenvalue weighted by Gasteiger charge is 2.36. The number of carbonyl (C=O) groups excluding carboxylic acids is 2. The molecular weight excluding hydrogens is 474 g/mol. The minimum absolute atomic E-state index is 0.00154. The van der Waals surface area contributed by atoms with Crippen LogP contribution >= 0.6 is 11.8 Å². The van der Waals surface area contributed by atoms with Crippen LogP contribution in [0.5, 0.6) is 0 Å². The molecule has 1 aromatic rings. The van der Waals surface area contributed by atoms with Gasteiger partial charge < -0.3 is 25.8 Å². The second kappa shape index (κ2) is 12.9. The Morgan fingerprint density at radius 2 is 2.11 bits per heavy atom. The predicted octanol–water partition coefficient (Wildman–Crippen LogP) is 3.18. The van der Waals surface area contributed by atoms with E-state index < -0.39 is 0 Å². The molecule has 2 atom stereocenters. The predicted molar refractivity (Wildman–Crippen MR) is 148 cm³/mol. The highest BCUT2D eigenvalue weighted by molar-refractivity contribution is 7.98. The maximum atomic E-state index is 14.1. The summed E-state index contributed by atoms with van der Waals surface area (Å²) in [7, 11) is 0. The molecule has 0 bridgehead atoms. The van der Waals surface area contributed by atoms with Crippen LogP contribution in [0, 0.1) is 5.92 Å². The van der Waals surface area contributed by atoms with Gasteiger partial charge in [-0.05, 0) is 37.2 Å². The van der Waals surface area contributed by atoms with Crippen LogP contribution in [0.15, 0.2) is 6.20 Å². The summed E-state index contributed by atoms with van der Waals surface area (Å²) in [6, 6.07) is 0.0495. The first kappa shape index (κ1) is 28.5. The molecule has 2 aliphatic heterocycles. The van der Waals surface area contributed by atoms with Crippen LogP contribution in [0.1, 0.15) is 70.1 Å². The van der Waals surface area contributed by atoms with Crippen molar-refractivity contribution in [3.05, 3.63) is 17.6 Å². The molecule has 2 fully saturated rings. The van der Waals surface area contributed by atoms with E-state index in [0.29, 0.717) is 30.4 Å². The lowest BCUT2D eigenvalue weighted by Gasteiger charge is -2.43. The third-order valence-electron chi connectivity index (χ3n) is 6.63. The summed E-state index contributed by atoms with van der Waals surface area (Å²) in [5.41, 5.74) is 0.301. The fraction of sp³-hybridized carbons (Fsp3) is 0.769. The van der Waals surface area contributed by atoms with Crippen molar-refractivity contribution in [2.75, 3.05) is 56.6 Å². The maximum absolute atomic E-state index is 14.1. The first-order chi connectivity index (χ1) is 17.1. The molecule has 0 spiro atoms. The summed E-state index contributed by atoms with van der Waals surface area (Å²) >= 11 is 1.81. The van der Waals surface area contributed by atoms with Crippen LogP contribution in [0.4, 0.5) is 10.6 Å². The van der Waals surface area contributed by atoms with Gasteiger partial charge in [0.25, 0.3) is 5.91 Å². The molecule has 3 N–H and O–H groups in total. The normalized spacial score (nSPS) is 20.9. The van der Waals surface area contributed by atoms with Crippen LogP contribution in [-0.2, 0) is 5.41 Å². The molecule has 36 heavy (non-hydrogen) atoms. The average Bonchev–Trinajstić information content (AvgIpc) is 2.84. The van der Waals surface area contributed by atoms with Gasteiger partial charge in [0, 0.05) is 63.0 Å². The van der Waals surface area contributed by atoms with Gasteiger partial charge in [-0.1, -0.05) is 34.6 Å². The van der Waals surface area contributed by atoms with Gasteiger partial charge >= 0.3 is 6.03 Å². The number of hydrogen-bond acceptors (Lipinski definition) is 7. The molecule has 3 amide bonds. The minimum atomic E-state index is -0.218. The lowest BCUT2D eigenvalue weighted by molar-refractivity contribution is 0.0548. The van der Waals surface area contributed by atoms with Crippen molar-refractivity contribution in [2.24, 2.45) is 5.92 Å². The van der Waals surface area contributed by atoms with E-state index in [9.17, 15) is 9.59 Å². The number of thioether (sulfide) groups is 1. The van der Waals surface area contributed by atoms with Crippen LogP contribution in [0.2, 0.25) is 0 Å². The van der Waals surface area contributed by atoms with Crippen LogP contribution in [-0.4, -0.2) is 95.1 Å². The summed E-state index contributed by atoms with van der Waals surface area (Å²) in [6.07, 6.45) is 6.50. The third kappa shape index (κ3) is 7.47. The van der Waals surface area contributed by atoms with E-state index in [2.05, 4.69) is 61.8 Å². The second-order valence-electron chi connectivity index (χ2n) is 11.3. The molecule has 0 radical (unpaired) electrons. The Balaban J connectivity index is 1.86. The highest BCUT2D eigenvalue weighted by Crippen LogP contribution is 2.25. The van der Waals surface area contributed by atoms with Crippen molar-refractivity contribution in [2.45, 2.75) is 71.4 Å². The van der Waals surface area contributed by atoms with Gasteiger partial charge in [0.15, 0.2) is 0 Å². The Morgan fingerprint density at radius 1 is 1.33 bits per heavy atom. The molecule has 1 unspecified atom stereocenters. The molecule has 0 aliphatic carbocycles. The average molecular weight is 520 g/mol. The standard InChI is InChI=1S/C26H45N7O2S/c1-18(2)17-33(20-13-19(14-27-15-20)32-11-7-9-29-25(32)35)23(34)21-16-30-24(26(3,4)5)31-22(21)28-10-8-12-36-6/h16,18-20,27H,7-15,17H2,1-6H3,(H,29,35)(H,28,30,31)/t19?,20-/m0/s1. The Bertz CT molecular complexity index is 890. The molecule has 202 valence electrons. The molecule has 2 aliphatic rings. The number of piperidine rings is 1. The van der Waals surface area contributed by atoms with E-state index in [1.54, 1.807) is 6.20 Å². The lowest BCUT2D eigenvalue weighted by Crippen LogP contribution is -2.61. The smallest absolute Gasteiger partial charge is 0.317 e. The first-order valence-corrected chi connectivity index (χ1v) is 14.7. The molecular formula is C26H45N7O2S. The van der Waals surface area contributed by atoms with E-state index in [1.807, 2.05) is 21.6 Å². The number of aromatic nitrogens is 2. The van der Waals surface area contributed by atoms with Crippen molar-refractivity contribution in [1.82, 2.24) is 30.4 Å². The zero-order chi connectivity index (χ0) is 26.3. The number of carbonyl (C=O) groups is 2. The zero-order valence-corrected chi connectivity index (χ0v) is 23.7. The fourth-order valence-corrected chi connectivity index (χ4v) is 5.21. The van der Waals surface area contributed by atoms with E-state index in [-0.39, 0.29) is 29.4 Å². The van der Waals surface area contributed by atoms with E-state index in [0.717, 1.165) is 57.0 Å². The summed E-state index contributed by atoms with van der Waals surface area (Å²) in [5, 5.41) is 9.88. The first-order valence-electron chi connectivity index (χ1n) is 13.3. The van der Waals surface area contributed by atoms with Gasteiger partial charge in [0.1, 0.15) is 17.2 Å². The number of nitrogens with zero attached hydrogens (tertiary/aromatic N) is 4. The fourth-order valence-electron chi connectivity index (χ4n) is 4.77. The Morgan fingerprint density at radius 3 is 2.78 bits per heavy atom. The minimum Gasteiger partial charge on any atom is -0.369 e. The molecule has 0 saturated carbocycles. The van der Waals surface area contributed by atoms with Crippen molar-refractivity contribution in [3.8, 4) is 0 Å². The quantitative estimate of drug-likeness (QED) is 0.408. The molecule has 10 heteroatoms. The van der Waals surface area contributed by atoms with Crippen LogP contribution < -0.4 is 16.0 Å². The molecule has 0 aromatic carbocycles. The number of amides is 3. The SMILES string of the molecule is CSCCCNc1nc(C(C)(C)C)ncc1C(=O)N(CC(C)C)[C@@H]1CNCC(N2CCCNC2=O)C1. The summed E-state index contributed by atoms with van der Waals surface area (Å²) in [6.45, 7) is 14.8. The Hall–Kier alpha value is -2.07. The summed E-state index contributed by atoms with van der Waals surface area (Å²) in [5.74, 6) is 2.64. The molecule has 9 nitrogen and oxygen atoms in total. The van der Waals surface area contributed by atoms with Gasteiger partial charge in [-0.2, -0.15) is 11.8 Å². The van der Waals surface area contributed by atoms with Gasteiger partial charge in [-0.3, -0.25) is 4.79 Å². The van der Waals surface area contributed by atoms with Crippen LogP contribution in [0.25, 0.3) is 0 Å². The zero-order valence-electron chi connectivity index (χ0n) is 22.9. The van der Waals surface area contributed by atoms with Gasteiger partial charge in [0.2, 0.25) is 0 Å². The van der Waals surface area contributed by atoms with Crippen molar-refractivity contribution in [3.63, 3.8) is 0 Å². The number of anilines is 1. The number of rotatable bonds is 10. The monoisotopic (exact) mass is 519 g/mol. The Labute approximate surface area is 221 Å². The summed E-state index contributed by atoms with van der Waals surface area (Å²) < 4.78 is 0. The number of nitrogens with one attached hydrogen (secondary N) is 3. The van der Waals surface area contributed by atoms with Crippen LogP contribution in [0.3, 0.4) is 0 Å². The molecule has 3 heterocycles. The van der Waals surface area contributed by atoms with Gasteiger partial charge in [-0.15, -0.1) is 0 Å². The maximum Gasteiger partial charge on any atom is 0.317 e. The van der Waals surface area contributed by atoms with Gasteiger partial charge in [0.05, 0.1) is 0 Å². The lowest BCUT2D eigenvalue weighted by atomic mass is 9.95. The molecule has 1 aromatic heterocycles. The third-order valence-corrected chi connectivity index (χ3v) is 7.33. The number of urea groups is 1. The topological polar surface area (TPSA) is 102 Å². The molecule has 3 rings (SSSR count). The van der Waals surface area contributed by atoms with Crippen molar-refractivity contribution < 1.29 is 9.59 Å². The highest BCUT2D eigenvalue weighted by atomic mass is 32.2. The largest absolute Gasteiger partial charge is 0.369 e. The number of hydrogen-bond donors (Lipinski definition) is 3. The Kier molecular flexibility index (Phi) is 10.2. The van der Waals surface area contributed by atoms with Crippen molar-refractivity contribution >= 4 is 29.5 Å². The molecule has 2 saturated heterocycles. The van der Waals surface area contributed by atoms with E-state index in [4.69, 9.17) is 4.98 Å². The van der Waals surface area contributed by atoms with Gasteiger partial charge in [-0.25, -0.2) is 14.8 Å².